The summed E-state index contributed by atoms with van der Waals surface area (Å²) in [6.07, 6.45) is 2.13. The van der Waals surface area contributed by atoms with Gasteiger partial charge in [-0.2, -0.15) is 0 Å². The van der Waals surface area contributed by atoms with Crippen LogP contribution in [0.4, 0.5) is 0 Å². The summed E-state index contributed by atoms with van der Waals surface area (Å²) in [4.78, 5) is 0.437. The van der Waals surface area contributed by atoms with Crippen LogP contribution in [0.25, 0.3) is 0 Å². The standard InChI is InChI=1S/C12H21BrO3/c1-8(2)12-6-10(15-7-14-4)11(3,16-12)5-9(12)13/h8-10H,5-7H2,1-4H3/t9-,10+,11-,12+/m0/s1. The summed E-state index contributed by atoms with van der Waals surface area (Å²) < 4.78 is 17.0. The van der Waals surface area contributed by atoms with Gasteiger partial charge in [0.1, 0.15) is 6.79 Å². The first kappa shape index (κ1) is 12.8. The van der Waals surface area contributed by atoms with Crippen molar-refractivity contribution in [2.24, 2.45) is 5.92 Å². The van der Waals surface area contributed by atoms with Gasteiger partial charge in [-0.25, -0.2) is 0 Å². The third kappa shape index (κ3) is 1.74. The van der Waals surface area contributed by atoms with Crippen LogP contribution in [0.5, 0.6) is 0 Å². The van der Waals surface area contributed by atoms with Gasteiger partial charge in [0.2, 0.25) is 0 Å². The summed E-state index contributed by atoms with van der Waals surface area (Å²) in [7, 11) is 1.65. The number of ether oxygens (including phenoxy) is 3. The monoisotopic (exact) mass is 292 g/mol. The number of rotatable bonds is 4. The van der Waals surface area contributed by atoms with Crippen LogP contribution < -0.4 is 0 Å². The van der Waals surface area contributed by atoms with Gasteiger partial charge in [0.25, 0.3) is 0 Å². The van der Waals surface area contributed by atoms with E-state index in [9.17, 15) is 0 Å². The van der Waals surface area contributed by atoms with E-state index in [0.29, 0.717) is 17.5 Å². The second kappa shape index (κ2) is 4.23. The van der Waals surface area contributed by atoms with Crippen LogP contribution in [-0.4, -0.2) is 36.0 Å². The minimum atomic E-state index is -0.156. The minimum absolute atomic E-state index is 0.0623. The molecule has 94 valence electrons. The number of hydrogen-bond acceptors (Lipinski definition) is 3. The van der Waals surface area contributed by atoms with E-state index in [2.05, 4.69) is 36.7 Å². The second-order valence-corrected chi connectivity index (χ2v) is 6.57. The van der Waals surface area contributed by atoms with Crippen LogP contribution in [0.15, 0.2) is 0 Å². The van der Waals surface area contributed by atoms with Crippen molar-refractivity contribution in [2.75, 3.05) is 13.9 Å². The largest absolute Gasteiger partial charge is 0.365 e. The van der Waals surface area contributed by atoms with Crippen molar-refractivity contribution in [2.45, 2.75) is 55.7 Å². The molecule has 0 N–H and O–H groups in total. The van der Waals surface area contributed by atoms with Gasteiger partial charge in [-0.15, -0.1) is 0 Å². The SMILES string of the molecule is COCO[C@@H]1C[C@]2(C(C)C)O[C@@]1(C)C[C@@H]2Br. The predicted octanol–water partition coefficient (Wildman–Crippen LogP) is 2.72. The summed E-state index contributed by atoms with van der Waals surface area (Å²) in [6, 6.07) is 0. The van der Waals surface area contributed by atoms with Crippen molar-refractivity contribution in [1.82, 2.24) is 0 Å². The molecule has 0 aliphatic carbocycles. The first-order valence-corrected chi connectivity index (χ1v) is 6.81. The molecule has 4 atom stereocenters. The Morgan fingerprint density at radius 1 is 1.44 bits per heavy atom. The van der Waals surface area contributed by atoms with E-state index in [1.807, 2.05) is 0 Å². The van der Waals surface area contributed by atoms with Crippen LogP contribution in [0.3, 0.4) is 0 Å². The quantitative estimate of drug-likeness (QED) is 0.589. The van der Waals surface area contributed by atoms with Gasteiger partial charge in [0.15, 0.2) is 0 Å². The normalized spacial score (nSPS) is 46.9. The lowest BCUT2D eigenvalue weighted by molar-refractivity contribution is -0.128. The molecule has 0 radical (unpaired) electrons. The Balaban J connectivity index is 2.14. The zero-order valence-electron chi connectivity index (χ0n) is 10.5. The van der Waals surface area contributed by atoms with Crippen LogP contribution in [0, 0.1) is 5.92 Å². The lowest BCUT2D eigenvalue weighted by Crippen LogP contribution is -2.45. The molecular weight excluding hydrogens is 272 g/mol. The molecule has 0 saturated carbocycles. The molecular formula is C12H21BrO3. The molecule has 2 rings (SSSR count). The molecule has 2 fully saturated rings. The molecule has 2 bridgehead atoms. The molecule has 2 aliphatic rings. The first-order chi connectivity index (χ1) is 7.44. The van der Waals surface area contributed by atoms with Crippen molar-refractivity contribution >= 4 is 15.9 Å². The lowest BCUT2D eigenvalue weighted by Gasteiger charge is -2.35. The van der Waals surface area contributed by atoms with Crippen LogP contribution in [0.2, 0.25) is 0 Å². The van der Waals surface area contributed by atoms with E-state index in [1.165, 1.54) is 0 Å². The van der Waals surface area contributed by atoms with E-state index < -0.39 is 0 Å². The molecule has 0 unspecified atom stereocenters. The van der Waals surface area contributed by atoms with E-state index in [4.69, 9.17) is 14.2 Å². The zero-order chi connectivity index (χ0) is 12.0. The summed E-state index contributed by atoms with van der Waals surface area (Å²) in [5.74, 6) is 0.495. The fourth-order valence-electron chi connectivity index (χ4n) is 3.04. The maximum absolute atomic E-state index is 6.30. The van der Waals surface area contributed by atoms with Crippen molar-refractivity contribution < 1.29 is 14.2 Å². The van der Waals surface area contributed by atoms with Gasteiger partial charge in [0, 0.05) is 18.4 Å². The highest BCUT2D eigenvalue weighted by Gasteiger charge is 2.65. The smallest absolute Gasteiger partial charge is 0.146 e. The lowest BCUT2D eigenvalue weighted by atomic mass is 9.75. The number of hydrogen-bond donors (Lipinski definition) is 0. The van der Waals surface area contributed by atoms with Gasteiger partial charge < -0.3 is 14.2 Å². The molecule has 2 aliphatic heterocycles. The Hall–Kier alpha value is 0.360. The molecule has 16 heavy (non-hydrogen) atoms. The third-order valence-electron chi connectivity index (χ3n) is 4.09. The summed E-state index contributed by atoms with van der Waals surface area (Å²) in [5, 5.41) is 0. The Morgan fingerprint density at radius 3 is 2.62 bits per heavy atom. The number of methoxy groups -OCH3 is 1. The Bertz CT molecular complexity index is 271. The summed E-state index contributed by atoms with van der Waals surface area (Å²) in [6.45, 7) is 6.95. The third-order valence-corrected chi connectivity index (χ3v) is 5.19. The Labute approximate surface area is 106 Å². The molecule has 0 amide bonds. The van der Waals surface area contributed by atoms with Gasteiger partial charge in [-0.05, 0) is 19.3 Å². The predicted molar refractivity (Wildman–Crippen MR) is 65.8 cm³/mol. The van der Waals surface area contributed by atoms with Crippen molar-refractivity contribution in [1.29, 1.82) is 0 Å². The van der Waals surface area contributed by atoms with E-state index in [-0.39, 0.29) is 17.3 Å². The fourth-order valence-corrected chi connectivity index (χ4v) is 4.49. The summed E-state index contributed by atoms with van der Waals surface area (Å²) in [5.41, 5.74) is -0.218. The van der Waals surface area contributed by atoms with Gasteiger partial charge in [-0.1, -0.05) is 29.8 Å². The number of alkyl halides is 1. The molecule has 4 heteroatoms. The van der Waals surface area contributed by atoms with Gasteiger partial charge >= 0.3 is 0 Å². The second-order valence-electron chi connectivity index (χ2n) is 5.46. The molecule has 0 aromatic carbocycles. The van der Waals surface area contributed by atoms with Crippen molar-refractivity contribution in [3.05, 3.63) is 0 Å². The van der Waals surface area contributed by atoms with Crippen LogP contribution in [0.1, 0.15) is 33.6 Å². The average molecular weight is 293 g/mol. The maximum atomic E-state index is 6.30. The molecule has 2 saturated heterocycles. The maximum Gasteiger partial charge on any atom is 0.146 e. The molecule has 0 aromatic heterocycles. The van der Waals surface area contributed by atoms with E-state index >= 15 is 0 Å². The number of halogens is 1. The molecule has 0 aromatic rings. The average Bonchev–Trinajstić information content (AvgIpc) is 2.63. The van der Waals surface area contributed by atoms with Crippen LogP contribution >= 0.6 is 15.9 Å². The van der Waals surface area contributed by atoms with Gasteiger partial charge in [-0.3, -0.25) is 0 Å². The Kier molecular flexibility index (Phi) is 3.39. The first-order valence-electron chi connectivity index (χ1n) is 5.89. The van der Waals surface area contributed by atoms with Crippen LogP contribution in [-0.2, 0) is 14.2 Å². The minimum Gasteiger partial charge on any atom is -0.365 e. The molecule has 3 nitrogen and oxygen atoms in total. The highest BCUT2D eigenvalue weighted by molar-refractivity contribution is 9.09. The molecule has 0 spiro atoms. The number of fused-ring (bicyclic) bond motifs is 2. The molecule has 2 heterocycles. The topological polar surface area (TPSA) is 27.7 Å². The van der Waals surface area contributed by atoms with E-state index in [0.717, 1.165) is 12.8 Å². The van der Waals surface area contributed by atoms with Crippen molar-refractivity contribution in [3.8, 4) is 0 Å². The Morgan fingerprint density at radius 2 is 2.12 bits per heavy atom. The highest BCUT2D eigenvalue weighted by atomic mass is 79.9. The van der Waals surface area contributed by atoms with Crippen molar-refractivity contribution in [3.63, 3.8) is 0 Å². The fraction of sp³-hybridized carbons (Fsp3) is 1.00. The van der Waals surface area contributed by atoms with E-state index in [1.54, 1.807) is 7.11 Å². The van der Waals surface area contributed by atoms with Gasteiger partial charge in [0.05, 0.1) is 17.3 Å². The summed E-state index contributed by atoms with van der Waals surface area (Å²) >= 11 is 3.77. The zero-order valence-corrected chi connectivity index (χ0v) is 12.0. The highest BCUT2D eigenvalue weighted by Crippen LogP contribution is 2.57.